The van der Waals surface area contributed by atoms with Crippen molar-refractivity contribution in [2.75, 3.05) is 10.6 Å². The maximum Gasteiger partial charge on any atom is 0.229 e. The molecule has 1 atom stereocenters. The van der Waals surface area contributed by atoms with E-state index in [2.05, 4.69) is 10.6 Å². The number of rotatable bonds is 5. The van der Waals surface area contributed by atoms with Crippen molar-refractivity contribution in [3.63, 3.8) is 0 Å². The third-order valence-corrected chi connectivity index (χ3v) is 3.08. The summed E-state index contributed by atoms with van der Waals surface area (Å²) in [4.78, 5) is 23.6. The van der Waals surface area contributed by atoms with Gasteiger partial charge in [0.05, 0.1) is 0 Å². The zero-order valence-electron chi connectivity index (χ0n) is 13.2. The van der Waals surface area contributed by atoms with Gasteiger partial charge >= 0.3 is 0 Å². The molecule has 1 unspecified atom stereocenters. The van der Waals surface area contributed by atoms with Gasteiger partial charge in [0.2, 0.25) is 11.8 Å². The highest BCUT2D eigenvalue weighted by Crippen LogP contribution is 2.19. The second-order valence-corrected chi connectivity index (χ2v) is 6.20. The van der Waals surface area contributed by atoms with Crippen LogP contribution < -0.4 is 16.4 Å². The van der Waals surface area contributed by atoms with Crippen molar-refractivity contribution in [3.8, 4) is 0 Å². The van der Waals surface area contributed by atoms with Crippen LogP contribution >= 0.6 is 0 Å². The van der Waals surface area contributed by atoms with Crippen LogP contribution in [0.3, 0.4) is 0 Å². The Morgan fingerprint density at radius 1 is 1.10 bits per heavy atom. The van der Waals surface area contributed by atoms with Crippen LogP contribution in [-0.4, -0.2) is 17.9 Å². The Hall–Kier alpha value is -1.88. The minimum absolute atomic E-state index is 0.0480. The van der Waals surface area contributed by atoms with Crippen molar-refractivity contribution in [1.29, 1.82) is 0 Å². The van der Waals surface area contributed by atoms with Crippen LogP contribution in [0.25, 0.3) is 0 Å². The monoisotopic (exact) mass is 291 g/mol. The van der Waals surface area contributed by atoms with E-state index in [1.807, 2.05) is 27.7 Å². The van der Waals surface area contributed by atoms with E-state index in [9.17, 15) is 9.59 Å². The van der Waals surface area contributed by atoms with E-state index in [0.29, 0.717) is 17.8 Å². The molecule has 1 rings (SSSR count). The van der Waals surface area contributed by atoms with Gasteiger partial charge in [0.25, 0.3) is 0 Å². The molecule has 0 saturated heterocycles. The van der Waals surface area contributed by atoms with Crippen LogP contribution in [0.1, 0.15) is 40.5 Å². The van der Waals surface area contributed by atoms with Crippen LogP contribution in [0, 0.1) is 5.41 Å². The molecule has 0 saturated carbocycles. The molecule has 1 aromatic rings. The number of hydrogen-bond acceptors (Lipinski definition) is 3. The second kappa shape index (κ2) is 7.22. The van der Waals surface area contributed by atoms with Gasteiger partial charge in [-0.25, -0.2) is 0 Å². The summed E-state index contributed by atoms with van der Waals surface area (Å²) < 4.78 is 0. The molecule has 0 aromatic heterocycles. The zero-order chi connectivity index (χ0) is 16.0. The van der Waals surface area contributed by atoms with Gasteiger partial charge in [-0.1, -0.05) is 27.7 Å². The third-order valence-electron chi connectivity index (χ3n) is 3.08. The highest BCUT2D eigenvalue weighted by molar-refractivity contribution is 5.95. The van der Waals surface area contributed by atoms with E-state index < -0.39 is 5.41 Å². The molecule has 5 heteroatoms. The summed E-state index contributed by atoms with van der Waals surface area (Å²) in [5.74, 6) is -0.149. The first-order valence-electron chi connectivity index (χ1n) is 7.19. The maximum atomic E-state index is 11.9. The number of carbonyl (C=O) groups is 2. The molecule has 0 heterocycles. The van der Waals surface area contributed by atoms with Gasteiger partial charge in [-0.05, 0) is 30.7 Å². The molecule has 116 valence electrons. The molecule has 0 aliphatic carbocycles. The third kappa shape index (κ3) is 5.95. The molecule has 0 fully saturated rings. The lowest BCUT2D eigenvalue weighted by Gasteiger charge is -2.17. The molecule has 0 spiro atoms. The Balaban J connectivity index is 2.58. The smallest absolute Gasteiger partial charge is 0.229 e. The number of hydrogen-bond donors (Lipinski definition) is 3. The molecule has 0 radical (unpaired) electrons. The molecule has 2 amide bonds. The molecule has 1 aromatic carbocycles. The van der Waals surface area contributed by atoms with Crippen molar-refractivity contribution < 1.29 is 9.59 Å². The van der Waals surface area contributed by atoms with Crippen molar-refractivity contribution >= 4 is 23.2 Å². The van der Waals surface area contributed by atoms with Crippen molar-refractivity contribution in [2.45, 2.75) is 46.6 Å². The van der Waals surface area contributed by atoms with E-state index in [1.165, 1.54) is 0 Å². The lowest BCUT2D eigenvalue weighted by atomic mass is 9.95. The standard InChI is InChI=1S/C16H25N3O2/c1-5-11(17)10-14(20)18-12-6-8-13(9-7-12)19-15(21)16(2,3)4/h6-9,11H,5,10,17H2,1-4H3,(H,18,20)(H,19,21). The van der Waals surface area contributed by atoms with E-state index in [0.717, 1.165) is 6.42 Å². The average Bonchev–Trinajstić information content (AvgIpc) is 2.39. The van der Waals surface area contributed by atoms with Gasteiger partial charge in [-0.15, -0.1) is 0 Å². The number of amides is 2. The first kappa shape index (κ1) is 17.2. The van der Waals surface area contributed by atoms with E-state index in [-0.39, 0.29) is 17.9 Å². The quantitative estimate of drug-likeness (QED) is 0.780. The predicted octanol–water partition coefficient (Wildman–Crippen LogP) is 2.74. The van der Waals surface area contributed by atoms with Gasteiger partial charge in [0.1, 0.15) is 0 Å². The summed E-state index contributed by atoms with van der Waals surface area (Å²) >= 11 is 0. The number of benzene rings is 1. The van der Waals surface area contributed by atoms with Crippen LogP contribution in [0.4, 0.5) is 11.4 Å². The lowest BCUT2D eigenvalue weighted by Crippen LogP contribution is -2.27. The fourth-order valence-electron chi connectivity index (χ4n) is 1.55. The molecular formula is C16H25N3O2. The van der Waals surface area contributed by atoms with Crippen molar-refractivity contribution in [1.82, 2.24) is 0 Å². The van der Waals surface area contributed by atoms with E-state index in [4.69, 9.17) is 5.73 Å². The van der Waals surface area contributed by atoms with Gasteiger partial charge in [0.15, 0.2) is 0 Å². The summed E-state index contributed by atoms with van der Waals surface area (Å²) in [7, 11) is 0. The zero-order valence-corrected chi connectivity index (χ0v) is 13.2. The fourth-order valence-corrected chi connectivity index (χ4v) is 1.55. The van der Waals surface area contributed by atoms with Crippen LogP contribution in [0.2, 0.25) is 0 Å². The molecule has 0 aliphatic rings. The first-order valence-corrected chi connectivity index (χ1v) is 7.19. The van der Waals surface area contributed by atoms with Gasteiger partial charge < -0.3 is 16.4 Å². The summed E-state index contributed by atoms with van der Waals surface area (Å²) in [6.07, 6.45) is 1.07. The van der Waals surface area contributed by atoms with E-state index >= 15 is 0 Å². The van der Waals surface area contributed by atoms with Crippen LogP contribution in [0.5, 0.6) is 0 Å². The Morgan fingerprint density at radius 3 is 2.00 bits per heavy atom. The number of anilines is 2. The van der Waals surface area contributed by atoms with E-state index in [1.54, 1.807) is 24.3 Å². The Labute approximate surface area is 126 Å². The topological polar surface area (TPSA) is 84.2 Å². The summed E-state index contributed by atoms with van der Waals surface area (Å²) in [5, 5.41) is 5.62. The molecule has 4 N–H and O–H groups in total. The largest absolute Gasteiger partial charge is 0.327 e. The number of nitrogens with one attached hydrogen (secondary N) is 2. The highest BCUT2D eigenvalue weighted by Gasteiger charge is 2.21. The number of carbonyl (C=O) groups excluding carboxylic acids is 2. The normalized spacial score (nSPS) is 12.6. The first-order chi connectivity index (χ1) is 9.72. The predicted molar refractivity (Wildman–Crippen MR) is 86.0 cm³/mol. The summed E-state index contributed by atoms with van der Waals surface area (Å²) in [5.41, 5.74) is 6.70. The Kier molecular flexibility index (Phi) is 5.90. The van der Waals surface area contributed by atoms with Gasteiger partial charge in [-0.3, -0.25) is 9.59 Å². The minimum atomic E-state index is -0.441. The second-order valence-electron chi connectivity index (χ2n) is 6.20. The molecule has 21 heavy (non-hydrogen) atoms. The molecule has 0 aliphatic heterocycles. The van der Waals surface area contributed by atoms with Gasteiger partial charge in [0, 0.05) is 29.3 Å². The minimum Gasteiger partial charge on any atom is -0.327 e. The van der Waals surface area contributed by atoms with Crippen molar-refractivity contribution in [2.24, 2.45) is 11.1 Å². The summed E-state index contributed by atoms with van der Waals surface area (Å²) in [6, 6.07) is 6.93. The van der Waals surface area contributed by atoms with Crippen molar-refractivity contribution in [3.05, 3.63) is 24.3 Å². The molecule has 0 bridgehead atoms. The SMILES string of the molecule is CCC(N)CC(=O)Nc1ccc(NC(=O)C(C)(C)C)cc1. The number of nitrogens with two attached hydrogens (primary N) is 1. The summed E-state index contributed by atoms with van der Waals surface area (Å²) in [6.45, 7) is 7.51. The molecule has 5 nitrogen and oxygen atoms in total. The Bertz CT molecular complexity index is 489. The highest BCUT2D eigenvalue weighted by atomic mass is 16.2. The maximum absolute atomic E-state index is 11.9. The van der Waals surface area contributed by atoms with Crippen LogP contribution in [0.15, 0.2) is 24.3 Å². The fraction of sp³-hybridized carbons (Fsp3) is 0.500. The lowest BCUT2D eigenvalue weighted by molar-refractivity contribution is -0.123. The van der Waals surface area contributed by atoms with Gasteiger partial charge in [-0.2, -0.15) is 0 Å². The Morgan fingerprint density at radius 2 is 1.57 bits per heavy atom. The average molecular weight is 291 g/mol. The van der Waals surface area contributed by atoms with Crippen LogP contribution in [-0.2, 0) is 9.59 Å². The molecular weight excluding hydrogens is 266 g/mol.